The number of nitrogens with one attached hydrogen (secondary N) is 1. The molecule has 0 aliphatic heterocycles. The number of aryl methyl sites for hydroxylation is 2. The second kappa shape index (κ2) is 5.95. The lowest BCUT2D eigenvalue weighted by Gasteiger charge is -2.33. The molecule has 0 saturated heterocycles. The van der Waals surface area contributed by atoms with Crippen LogP contribution in [-0.2, 0) is 13.6 Å². The molecule has 0 amide bonds. The van der Waals surface area contributed by atoms with Crippen molar-refractivity contribution < 1.29 is 4.74 Å². The SMILES string of the molecule is COc1c(CNC2CCC(C)CC2C)c(C)nn1C. The van der Waals surface area contributed by atoms with Gasteiger partial charge in [-0.2, -0.15) is 5.10 Å². The van der Waals surface area contributed by atoms with Crippen LogP contribution in [0.3, 0.4) is 0 Å². The normalized spacial score (nSPS) is 27.5. The van der Waals surface area contributed by atoms with Crippen LogP contribution in [0.15, 0.2) is 0 Å². The Morgan fingerprint density at radius 1 is 1.37 bits per heavy atom. The van der Waals surface area contributed by atoms with Crippen LogP contribution in [0.1, 0.15) is 44.4 Å². The summed E-state index contributed by atoms with van der Waals surface area (Å²) in [4.78, 5) is 0. The molecule has 0 radical (unpaired) electrons. The second-order valence-corrected chi connectivity index (χ2v) is 6.08. The number of rotatable bonds is 4. The topological polar surface area (TPSA) is 39.1 Å². The zero-order valence-electron chi connectivity index (χ0n) is 12.9. The van der Waals surface area contributed by atoms with Crippen LogP contribution in [-0.4, -0.2) is 22.9 Å². The lowest BCUT2D eigenvalue weighted by atomic mass is 9.80. The summed E-state index contributed by atoms with van der Waals surface area (Å²) in [6, 6.07) is 0.625. The summed E-state index contributed by atoms with van der Waals surface area (Å²) in [6.45, 7) is 7.62. The fourth-order valence-corrected chi connectivity index (χ4v) is 3.34. The van der Waals surface area contributed by atoms with E-state index in [2.05, 4.69) is 24.3 Å². The predicted octanol–water partition coefficient (Wildman–Crippen LogP) is 2.65. The van der Waals surface area contributed by atoms with Crippen molar-refractivity contribution in [2.45, 2.75) is 52.6 Å². The third-order valence-corrected chi connectivity index (χ3v) is 4.45. The van der Waals surface area contributed by atoms with E-state index in [1.165, 1.54) is 24.8 Å². The highest BCUT2D eigenvalue weighted by molar-refractivity contribution is 5.30. The highest BCUT2D eigenvalue weighted by Crippen LogP contribution is 2.29. The van der Waals surface area contributed by atoms with Gasteiger partial charge >= 0.3 is 0 Å². The van der Waals surface area contributed by atoms with Crippen molar-refractivity contribution in [3.8, 4) is 5.88 Å². The van der Waals surface area contributed by atoms with E-state index < -0.39 is 0 Å². The van der Waals surface area contributed by atoms with Crippen molar-refractivity contribution in [3.05, 3.63) is 11.3 Å². The molecule has 3 unspecified atom stereocenters. The van der Waals surface area contributed by atoms with E-state index in [1.54, 1.807) is 7.11 Å². The first kappa shape index (κ1) is 14.4. The lowest BCUT2D eigenvalue weighted by Crippen LogP contribution is -2.38. The summed E-state index contributed by atoms with van der Waals surface area (Å²) >= 11 is 0. The van der Waals surface area contributed by atoms with Crippen molar-refractivity contribution in [1.29, 1.82) is 0 Å². The van der Waals surface area contributed by atoms with E-state index in [0.717, 1.165) is 30.0 Å². The molecule has 4 heteroatoms. The maximum absolute atomic E-state index is 5.44. The Morgan fingerprint density at radius 2 is 2.11 bits per heavy atom. The maximum atomic E-state index is 5.44. The van der Waals surface area contributed by atoms with Crippen LogP contribution in [0.4, 0.5) is 0 Å². The van der Waals surface area contributed by atoms with Crippen molar-refractivity contribution in [2.24, 2.45) is 18.9 Å². The molecule has 1 saturated carbocycles. The number of hydrogen-bond donors (Lipinski definition) is 1. The van der Waals surface area contributed by atoms with Gasteiger partial charge in [0.25, 0.3) is 0 Å². The summed E-state index contributed by atoms with van der Waals surface area (Å²) in [6.07, 6.45) is 3.95. The minimum Gasteiger partial charge on any atom is -0.481 e. The van der Waals surface area contributed by atoms with Gasteiger partial charge in [0.1, 0.15) is 0 Å². The molecule has 1 heterocycles. The maximum Gasteiger partial charge on any atom is 0.216 e. The highest BCUT2D eigenvalue weighted by atomic mass is 16.5. The monoisotopic (exact) mass is 265 g/mol. The molecule has 1 N–H and O–H groups in total. The van der Waals surface area contributed by atoms with Gasteiger partial charge in [-0.15, -0.1) is 0 Å². The van der Waals surface area contributed by atoms with Crippen LogP contribution < -0.4 is 10.1 Å². The molecule has 108 valence electrons. The summed E-state index contributed by atoms with van der Waals surface area (Å²) < 4.78 is 7.26. The number of aromatic nitrogens is 2. The van der Waals surface area contributed by atoms with E-state index in [1.807, 2.05) is 18.7 Å². The molecule has 0 spiro atoms. The quantitative estimate of drug-likeness (QED) is 0.909. The Morgan fingerprint density at radius 3 is 2.74 bits per heavy atom. The van der Waals surface area contributed by atoms with Gasteiger partial charge in [-0.05, 0) is 38.0 Å². The Hall–Kier alpha value is -1.03. The predicted molar refractivity (Wildman–Crippen MR) is 77.3 cm³/mol. The third-order valence-electron chi connectivity index (χ3n) is 4.45. The largest absolute Gasteiger partial charge is 0.481 e. The zero-order valence-corrected chi connectivity index (χ0v) is 12.9. The van der Waals surface area contributed by atoms with Gasteiger partial charge in [-0.3, -0.25) is 0 Å². The van der Waals surface area contributed by atoms with Gasteiger partial charge in [0.05, 0.1) is 18.4 Å². The first-order valence-corrected chi connectivity index (χ1v) is 7.32. The van der Waals surface area contributed by atoms with Crippen molar-refractivity contribution in [1.82, 2.24) is 15.1 Å². The fraction of sp³-hybridized carbons (Fsp3) is 0.800. The van der Waals surface area contributed by atoms with Crippen molar-refractivity contribution >= 4 is 0 Å². The van der Waals surface area contributed by atoms with Crippen LogP contribution in [0.5, 0.6) is 5.88 Å². The number of ether oxygens (including phenoxy) is 1. The van der Waals surface area contributed by atoms with Gasteiger partial charge in [0, 0.05) is 19.6 Å². The number of hydrogen-bond acceptors (Lipinski definition) is 3. The zero-order chi connectivity index (χ0) is 14.0. The molecule has 3 atom stereocenters. The molecular weight excluding hydrogens is 238 g/mol. The molecule has 1 aliphatic rings. The van der Waals surface area contributed by atoms with Gasteiger partial charge in [0.2, 0.25) is 5.88 Å². The smallest absolute Gasteiger partial charge is 0.216 e. The van der Waals surface area contributed by atoms with E-state index in [9.17, 15) is 0 Å². The molecule has 2 rings (SSSR count). The van der Waals surface area contributed by atoms with E-state index in [0.29, 0.717) is 6.04 Å². The Kier molecular flexibility index (Phi) is 4.50. The van der Waals surface area contributed by atoms with Crippen molar-refractivity contribution in [3.63, 3.8) is 0 Å². The molecular formula is C15H27N3O. The molecule has 0 bridgehead atoms. The van der Waals surface area contributed by atoms with Crippen molar-refractivity contribution in [2.75, 3.05) is 7.11 Å². The molecule has 1 fully saturated rings. The second-order valence-electron chi connectivity index (χ2n) is 6.08. The van der Waals surface area contributed by atoms with Gasteiger partial charge in [-0.25, -0.2) is 4.68 Å². The highest BCUT2D eigenvalue weighted by Gasteiger charge is 2.25. The van der Waals surface area contributed by atoms with E-state index in [-0.39, 0.29) is 0 Å². The lowest BCUT2D eigenvalue weighted by molar-refractivity contribution is 0.226. The summed E-state index contributed by atoms with van der Waals surface area (Å²) in [7, 11) is 3.64. The van der Waals surface area contributed by atoms with Gasteiger partial charge in [-0.1, -0.05) is 13.8 Å². The van der Waals surface area contributed by atoms with Crippen LogP contribution >= 0.6 is 0 Å². The number of nitrogens with zero attached hydrogens (tertiary/aromatic N) is 2. The van der Waals surface area contributed by atoms with E-state index in [4.69, 9.17) is 4.74 Å². The Labute approximate surface area is 116 Å². The minimum atomic E-state index is 0.625. The summed E-state index contributed by atoms with van der Waals surface area (Å²) in [5.41, 5.74) is 2.25. The molecule has 1 aromatic heterocycles. The summed E-state index contributed by atoms with van der Waals surface area (Å²) in [5.74, 6) is 2.51. The average Bonchev–Trinajstić information content (AvgIpc) is 2.62. The first-order chi connectivity index (χ1) is 9.02. The molecule has 1 aromatic rings. The van der Waals surface area contributed by atoms with E-state index >= 15 is 0 Å². The molecule has 1 aliphatic carbocycles. The van der Waals surface area contributed by atoms with Crippen LogP contribution in [0.2, 0.25) is 0 Å². The van der Waals surface area contributed by atoms with Crippen LogP contribution in [0, 0.1) is 18.8 Å². The average molecular weight is 265 g/mol. The standard InChI is InChI=1S/C15H27N3O/c1-10-6-7-14(11(2)8-10)16-9-13-12(3)17-18(4)15(13)19-5/h10-11,14,16H,6-9H2,1-5H3. The fourth-order valence-electron chi connectivity index (χ4n) is 3.34. The summed E-state index contributed by atoms with van der Waals surface area (Å²) in [5, 5.41) is 8.13. The molecule has 19 heavy (non-hydrogen) atoms. The van der Waals surface area contributed by atoms with Crippen LogP contribution in [0.25, 0.3) is 0 Å². The minimum absolute atomic E-state index is 0.625. The first-order valence-electron chi connectivity index (χ1n) is 7.32. The molecule has 0 aromatic carbocycles. The third kappa shape index (κ3) is 3.11. The van der Waals surface area contributed by atoms with Gasteiger partial charge in [0.15, 0.2) is 0 Å². The Balaban J connectivity index is 1.99. The molecule has 4 nitrogen and oxygen atoms in total. The number of methoxy groups -OCH3 is 1. The van der Waals surface area contributed by atoms with Gasteiger partial charge < -0.3 is 10.1 Å². The Bertz CT molecular complexity index is 427.